The molecule has 0 aliphatic carbocycles. The molecule has 0 aromatic heterocycles. The number of rotatable bonds is 7. The lowest BCUT2D eigenvalue weighted by atomic mass is 10.0. The molecule has 0 aromatic carbocycles. The van der Waals surface area contributed by atoms with Crippen LogP contribution in [0.3, 0.4) is 0 Å². The van der Waals surface area contributed by atoms with Gasteiger partial charge in [-0.05, 0) is 26.2 Å². The second kappa shape index (κ2) is 7.30. The molecule has 0 aliphatic rings. The summed E-state index contributed by atoms with van der Waals surface area (Å²) in [4.78, 5) is 0. The zero-order valence-corrected chi connectivity index (χ0v) is 9.34. The lowest BCUT2D eigenvalue weighted by Gasteiger charge is -2.20. The van der Waals surface area contributed by atoms with Gasteiger partial charge in [-0.25, -0.2) is 0 Å². The molecule has 3 N–H and O–H groups in total. The van der Waals surface area contributed by atoms with Crippen LogP contribution in [0.1, 0.15) is 40.5 Å². The Morgan fingerprint density at radius 2 is 1.92 bits per heavy atom. The Hall–Kier alpha value is -0.120. The first-order valence-electron chi connectivity index (χ1n) is 5.17. The van der Waals surface area contributed by atoms with Crippen molar-refractivity contribution in [3.8, 4) is 0 Å². The van der Waals surface area contributed by atoms with Crippen LogP contribution in [-0.4, -0.2) is 18.8 Å². The van der Waals surface area contributed by atoms with Gasteiger partial charge in [0.25, 0.3) is 0 Å². The van der Waals surface area contributed by atoms with Crippen molar-refractivity contribution in [1.29, 1.82) is 0 Å². The third-order valence-corrected chi connectivity index (χ3v) is 2.25. The monoisotopic (exact) mass is 188 g/mol. The van der Waals surface area contributed by atoms with Crippen molar-refractivity contribution in [2.45, 2.75) is 52.7 Å². The van der Waals surface area contributed by atoms with E-state index in [4.69, 9.17) is 10.6 Å². The fourth-order valence-electron chi connectivity index (χ4n) is 1.15. The molecule has 0 spiro atoms. The van der Waals surface area contributed by atoms with Crippen LogP contribution in [0.15, 0.2) is 0 Å². The molecule has 3 nitrogen and oxygen atoms in total. The summed E-state index contributed by atoms with van der Waals surface area (Å²) in [6.07, 6.45) is 2.56. The highest BCUT2D eigenvalue weighted by Crippen LogP contribution is 2.09. The van der Waals surface area contributed by atoms with E-state index < -0.39 is 0 Å². The van der Waals surface area contributed by atoms with Gasteiger partial charge >= 0.3 is 0 Å². The Bertz CT molecular complexity index is 117. The predicted octanol–water partition coefficient (Wildman–Crippen LogP) is 1.68. The molecule has 0 aromatic rings. The van der Waals surface area contributed by atoms with Gasteiger partial charge in [-0.3, -0.25) is 11.3 Å². The minimum absolute atomic E-state index is 0.285. The first-order valence-corrected chi connectivity index (χ1v) is 5.17. The highest BCUT2D eigenvalue weighted by Gasteiger charge is 2.11. The summed E-state index contributed by atoms with van der Waals surface area (Å²) in [6, 6.07) is 0.289. The zero-order chi connectivity index (χ0) is 10.3. The summed E-state index contributed by atoms with van der Waals surface area (Å²) in [6.45, 7) is 9.22. The molecule has 0 fully saturated rings. The van der Waals surface area contributed by atoms with Gasteiger partial charge in [-0.15, -0.1) is 0 Å². The van der Waals surface area contributed by atoms with E-state index in [1.807, 2.05) is 13.8 Å². The zero-order valence-electron chi connectivity index (χ0n) is 9.34. The molecule has 0 amide bonds. The Labute approximate surface area is 82.0 Å². The van der Waals surface area contributed by atoms with E-state index in [2.05, 4.69) is 19.3 Å². The van der Waals surface area contributed by atoms with Crippen LogP contribution in [0.4, 0.5) is 0 Å². The van der Waals surface area contributed by atoms with Crippen LogP contribution < -0.4 is 11.3 Å². The molecule has 2 atom stereocenters. The maximum atomic E-state index is 5.50. The number of nitrogens with one attached hydrogen (secondary N) is 1. The largest absolute Gasteiger partial charge is 0.377 e. The quantitative estimate of drug-likeness (QED) is 0.472. The third kappa shape index (κ3) is 6.99. The van der Waals surface area contributed by atoms with E-state index in [9.17, 15) is 0 Å². The fourth-order valence-corrected chi connectivity index (χ4v) is 1.15. The number of hydrogen-bond donors (Lipinski definition) is 2. The topological polar surface area (TPSA) is 47.3 Å². The van der Waals surface area contributed by atoms with Crippen LogP contribution >= 0.6 is 0 Å². The van der Waals surface area contributed by atoms with Crippen molar-refractivity contribution in [1.82, 2.24) is 5.43 Å². The van der Waals surface area contributed by atoms with Gasteiger partial charge in [-0.2, -0.15) is 0 Å². The minimum atomic E-state index is 0.285. The van der Waals surface area contributed by atoms with Crippen molar-refractivity contribution in [2.24, 2.45) is 11.8 Å². The van der Waals surface area contributed by atoms with E-state index in [1.165, 1.54) is 6.42 Å². The number of hydrazine groups is 1. The van der Waals surface area contributed by atoms with Crippen LogP contribution in [0.25, 0.3) is 0 Å². The molecule has 3 heteroatoms. The average molecular weight is 188 g/mol. The number of hydrogen-bond acceptors (Lipinski definition) is 3. The van der Waals surface area contributed by atoms with E-state index in [1.54, 1.807) is 0 Å². The maximum Gasteiger partial charge on any atom is 0.0636 e. The van der Waals surface area contributed by atoms with Crippen LogP contribution in [-0.2, 0) is 4.74 Å². The fraction of sp³-hybridized carbons (Fsp3) is 1.00. The van der Waals surface area contributed by atoms with Crippen LogP contribution in [0, 0.1) is 5.92 Å². The molecule has 0 bridgehead atoms. The highest BCUT2D eigenvalue weighted by molar-refractivity contribution is 4.66. The molecule has 0 radical (unpaired) electrons. The molecule has 80 valence electrons. The van der Waals surface area contributed by atoms with Crippen LogP contribution in [0.5, 0.6) is 0 Å². The molecule has 2 unspecified atom stereocenters. The van der Waals surface area contributed by atoms with Crippen molar-refractivity contribution in [3.05, 3.63) is 0 Å². The smallest absolute Gasteiger partial charge is 0.0636 e. The molecule has 0 rings (SSSR count). The summed E-state index contributed by atoms with van der Waals surface area (Å²) in [7, 11) is 0. The molecule has 0 heterocycles. The van der Waals surface area contributed by atoms with E-state index in [0.29, 0.717) is 12.5 Å². The first-order chi connectivity index (χ1) is 6.10. The Morgan fingerprint density at radius 1 is 1.31 bits per heavy atom. The molecule has 0 aliphatic heterocycles. The lowest BCUT2D eigenvalue weighted by Crippen LogP contribution is -2.40. The SMILES string of the molecule is CCC(C)CC(COC(C)C)NN. The van der Waals surface area contributed by atoms with E-state index in [-0.39, 0.29) is 12.1 Å². The van der Waals surface area contributed by atoms with E-state index >= 15 is 0 Å². The van der Waals surface area contributed by atoms with Gasteiger partial charge in [0.2, 0.25) is 0 Å². The van der Waals surface area contributed by atoms with Gasteiger partial charge < -0.3 is 4.74 Å². The van der Waals surface area contributed by atoms with Gasteiger partial charge in [0, 0.05) is 6.04 Å². The van der Waals surface area contributed by atoms with Crippen molar-refractivity contribution >= 4 is 0 Å². The Morgan fingerprint density at radius 3 is 2.31 bits per heavy atom. The minimum Gasteiger partial charge on any atom is -0.377 e. The van der Waals surface area contributed by atoms with Gasteiger partial charge in [0.05, 0.1) is 12.7 Å². The van der Waals surface area contributed by atoms with Crippen molar-refractivity contribution in [3.63, 3.8) is 0 Å². The number of ether oxygens (including phenoxy) is 1. The first kappa shape index (κ1) is 12.9. The maximum absolute atomic E-state index is 5.50. The van der Waals surface area contributed by atoms with Gasteiger partial charge in [0.1, 0.15) is 0 Å². The van der Waals surface area contributed by atoms with Gasteiger partial charge in [-0.1, -0.05) is 20.3 Å². The summed E-state index contributed by atoms with van der Waals surface area (Å²) < 4.78 is 5.50. The summed E-state index contributed by atoms with van der Waals surface area (Å²) in [5.41, 5.74) is 2.80. The predicted molar refractivity (Wildman–Crippen MR) is 56.3 cm³/mol. The van der Waals surface area contributed by atoms with E-state index in [0.717, 1.165) is 6.42 Å². The molecular formula is C10H24N2O. The standard InChI is InChI=1S/C10H24N2O/c1-5-9(4)6-10(12-11)7-13-8(2)3/h8-10,12H,5-7,11H2,1-4H3. The number of nitrogens with two attached hydrogens (primary N) is 1. The molecule has 0 saturated carbocycles. The lowest BCUT2D eigenvalue weighted by molar-refractivity contribution is 0.0564. The summed E-state index contributed by atoms with van der Waals surface area (Å²) >= 11 is 0. The normalized spacial score (nSPS) is 16.2. The summed E-state index contributed by atoms with van der Waals surface area (Å²) in [5.74, 6) is 6.14. The van der Waals surface area contributed by atoms with Crippen LogP contribution in [0.2, 0.25) is 0 Å². The van der Waals surface area contributed by atoms with Crippen molar-refractivity contribution in [2.75, 3.05) is 6.61 Å². The molecular weight excluding hydrogens is 164 g/mol. The third-order valence-electron chi connectivity index (χ3n) is 2.25. The van der Waals surface area contributed by atoms with Gasteiger partial charge in [0.15, 0.2) is 0 Å². The second-order valence-electron chi connectivity index (χ2n) is 3.99. The second-order valence-corrected chi connectivity index (χ2v) is 3.99. The molecule has 13 heavy (non-hydrogen) atoms. The average Bonchev–Trinajstić information content (AvgIpc) is 2.11. The highest BCUT2D eigenvalue weighted by atomic mass is 16.5. The Kier molecular flexibility index (Phi) is 7.23. The Balaban J connectivity index is 3.62. The molecule has 0 saturated heterocycles. The summed E-state index contributed by atoms with van der Waals surface area (Å²) in [5, 5.41) is 0. The van der Waals surface area contributed by atoms with Crippen molar-refractivity contribution < 1.29 is 4.74 Å².